The van der Waals surface area contributed by atoms with Gasteiger partial charge in [0.25, 0.3) is 5.91 Å². The largest absolute Gasteiger partial charge is 0.505 e. The first-order valence-electron chi connectivity index (χ1n) is 5.62. The Balaban J connectivity index is 2.42. The van der Waals surface area contributed by atoms with Gasteiger partial charge in [-0.15, -0.1) is 0 Å². The van der Waals surface area contributed by atoms with Gasteiger partial charge in [-0.3, -0.25) is 9.78 Å². The lowest BCUT2D eigenvalue weighted by Crippen LogP contribution is -2.30. The third-order valence-electron chi connectivity index (χ3n) is 2.54. The van der Waals surface area contributed by atoms with Crippen molar-refractivity contribution in [2.45, 2.75) is 13.0 Å². The lowest BCUT2D eigenvalue weighted by atomic mass is 10.1. The fourth-order valence-electron chi connectivity index (χ4n) is 1.70. The van der Waals surface area contributed by atoms with Crippen molar-refractivity contribution < 1.29 is 15.0 Å². The number of aromatic hydroxyl groups is 1. The molecule has 5 heteroatoms. The maximum Gasteiger partial charge on any atom is 0.255 e. The van der Waals surface area contributed by atoms with E-state index in [9.17, 15) is 9.90 Å². The number of para-hydroxylation sites is 1. The van der Waals surface area contributed by atoms with Crippen molar-refractivity contribution >= 4 is 16.8 Å². The second-order valence-electron chi connectivity index (χ2n) is 4.09. The molecule has 5 nitrogen and oxygen atoms in total. The molecule has 0 spiro atoms. The highest BCUT2D eigenvalue weighted by Crippen LogP contribution is 2.24. The Morgan fingerprint density at radius 3 is 2.89 bits per heavy atom. The van der Waals surface area contributed by atoms with Crippen LogP contribution in [0, 0.1) is 0 Å². The molecule has 0 saturated heterocycles. The number of amides is 1. The summed E-state index contributed by atoms with van der Waals surface area (Å²) < 4.78 is 0. The van der Waals surface area contributed by atoms with E-state index >= 15 is 0 Å². The smallest absolute Gasteiger partial charge is 0.255 e. The number of aliphatic hydroxyl groups excluding tert-OH is 1. The van der Waals surface area contributed by atoms with Gasteiger partial charge in [0.05, 0.1) is 23.4 Å². The van der Waals surface area contributed by atoms with Gasteiger partial charge in [-0.25, -0.2) is 0 Å². The monoisotopic (exact) mass is 246 g/mol. The summed E-state index contributed by atoms with van der Waals surface area (Å²) in [5, 5.41) is 22.0. The van der Waals surface area contributed by atoms with Gasteiger partial charge in [-0.2, -0.15) is 0 Å². The maximum atomic E-state index is 12.0. The summed E-state index contributed by atoms with van der Waals surface area (Å²) >= 11 is 0. The second-order valence-corrected chi connectivity index (χ2v) is 4.09. The van der Waals surface area contributed by atoms with Crippen LogP contribution in [-0.4, -0.2) is 33.8 Å². The van der Waals surface area contributed by atoms with Crippen molar-refractivity contribution in [1.82, 2.24) is 10.3 Å². The molecule has 3 N–H and O–H groups in total. The van der Waals surface area contributed by atoms with Crippen LogP contribution in [0.15, 0.2) is 30.5 Å². The minimum absolute atomic E-state index is 0.134. The van der Waals surface area contributed by atoms with Gasteiger partial charge in [-0.05, 0) is 13.0 Å². The van der Waals surface area contributed by atoms with Crippen molar-refractivity contribution in [2.75, 3.05) is 6.54 Å². The number of pyridine rings is 1. The van der Waals surface area contributed by atoms with Gasteiger partial charge in [0.1, 0.15) is 5.75 Å². The average Bonchev–Trinajstić information content (AvgIpc) is 2.36. The minimum atomic E-state index is -0.635. The summed E-state index contributed by atoms with van der Waals surface area (Å²) in [7, 11) is 0. The Hall–Kier alpha value is -2.14. The van der Waals surface area contributed by atoms with E-state index in [0.29, 0.717) is 10.9 Å². The van der Waals surface area contributed by atoms with E-state index in [1.807, 2.05) is 6.07 Å². The van der Waals surface area contributed by atoms with E-state index in [1.165, 1.54) is 6.20 Å². The number of hydrogen-bond acceptors (Lipinski definition) is 4. The lowest BCUT2D eigenvalue weighted by Gasteiger charge is -2.10. The first kappa shape index (κ1) is 12.3. The molecule has 0 saturated carbocycles. The fourth-order valence-corrected chi connectivity index (χ4v) is 1.70. The summed E-state index contributed by atoms with van der Waals surface area (Å²) in [6.07, 6.45) is 0.615. The fraction of sp³-hybridized carbons (Fsp3) is 0.231. The molecule has 2 rings (SSSR count). The number of carbonyl (C=O) groups excluding carboxylic acids is 1. The summed E-state index contributed by atoms with van der Waals surface area (Å²) in [4.78, 5) is 16.0. The molecule has 1 aromatic heterocycles. The molecule has 1 unspecified atom stereocenters. The molecule has 0 bridgehead atoms. The number of nitrogens with zero attached hydrogens (tertiary/aromatic N) is 1. The number of nitrogens with one attached hydrogen (secondary N) is 1. The Morgan fingerprint density at radius 2 is 2.17 bits per heavy atom. The van der Waals surface area contributed by atoms with Crippen LogP contribution in [0.25, 0.3) is 10.9 Å². The van der Waals surface area contributed by atoms with E-state index in [2.05, 4.69) is 10.3 Å². The van der Waals surface area contributed by atoms with Crippen molar-refractivity contribution in [1.29, 1.82) is 0 Å². The van der Waals surface area contributed by atoms with E-state index in [-0.39, 0.29) is 17.9 Å². The maximum absolute atomic E-state index is 12.0. The molecule has 18 heavy (non-hydrogen) atoms. The molecule has 1 atom stereocenters. The van der Waals surface area contributed by atoms with Gasteiger partial charge < -0.3 is 15.5 Å². The number of benzene rings is 1. The third-order valence-corrected chi connectivity index (χ3v) is 2.54. The molecule has 1 aromatic carbocycles. The number of carbonyl (C=O) groups is 1. The van der Waals surface area contributed by atoms with Crippen LogP contribution >= 0.6 is 0 Å². The topological polar surface area (TPSA) is 82.5 Å². The van der Waals surface area contributed by atoms with Gasteiger partial charge in [0.2, 0.25) is 0 Å². The van der Waals surface area contributed by atoms with Gasteiger partial charge in [-0.1, -0.05) is 18.2 Å². The molecule has 0 radical (unpaired) electrons. The van der Waals surface area contributed by atoms with Gasteiger partial charge in [0.15, 0.2) is 0 Å². The molecular formula is C13H14N2O3. The summed E-state index contributed by atoms with van der Waals surface area (Å²) in [6, 6.07) is 7.07. The molecule has 1 amide bonds. The Kier molecular flexibility index (Phi) is 3.43. The molecule has 1 heterocycles. The van der Waals surface area contributed by atoms with E-state index in [4.69, 9.17) is 5.11 Å². The highest BCUT2D eigenvalue weighted by Gasteiger charge is 2.15. The summed E-state index contributed by atoms with van der Waals surface area (Å²) in [6.45, 7) is 1.71. The number of aromatic nitrogens is 1. The van der Waals surface area contributed by atoms with Gasteiger partial charge >= 0.3 is 0 Å². The molecule has 0 fully saturated rings. The van der Waals surface area contributed by atoms with Crippen LogP contribution in [0.4, 0.5) is 0 Å². The normalized spacial score (nSPS) is 12.3. The van der Waals surface area contributed by atoms with Crippen LogP contribution in [0.1, 0.15) is 17.3 Å². The Labute approximate surface area is 104 Å². The van der Waals surface area contributed by atoms with Crippen LogP contribution in [0.5, 0.6) is 5.75 Å². The quantitative estimate of drug-likeness (QED) is 0.756. The van der Waals surface area contributed by atoms with Crippen LogP contribution < -0.4 is 5.32 Å². The summed E-state index contributed by atoms with van der Waals surface area (Å²) in [5.41, 5.74) is 0.818. The standard InChI is InChI=1S/C13H14N2O3/c1-8(16)6-15-13(18)12-9-4-2-3-5-10(9)14-7-11(12)17/h2-5,7-8,16-17H,6H2,1H3,(H,15,18). The first-order chi connectivity index (χ1) is 8.59. The number of hydrogen-bond donors (Lipinski definition) is 3. The highest BCUT2D eigenvalue weighted by atomic mass is 16.3. The highest BCUT2D eigenvalue weighted by molar-refractivity contribution is 6.08. The van der Waals surface area contributed by atoms with Crippen molar-refractivity contribution in [3.63, 3.8) is 0 Å². The minimum Gasteiger partial charge on any atom is -0.505 e. The van der Waals surface area contributed by atoms with E-state index < -0.39 is 12.0 Å². The Bertz CT molecular complexity index is 581. The zero-order valence-electron chi connectivity index (χ0n) is 9.92. The third kappa shape index (κ3) is 2.41. The van der Waals surface area contributed by atoms with Crippen LogP contribution in [-0.2, 0) is 0 Å². The SMILES string of the molecule is CC(O)CNC(=O)c1c(O)cnc2ccccc12. The summed E-state index contributed by atoms with van der Waals surface area (Å²) in [5.74, 6) is -0.594. The Morgan fingerprint density at radius 1 is 1.44 bits per heavy atom. The first-order valence-corrected chi connectivity index (χ1v) is 5.62. The number of rotatable bonds is 3. The predicted molar refractivity (Wildman–Crippen MR) is 67.4 cm³/mol. The zero-order chi connectivity index (χ0) is 13.1. The van der Waals surface area contributed by atoms with Crippen molar-refractivity contribution in [3.05, 3.63) is 36.0 Å². The molecule has 0 aliphatic carbocycles. The van der Waals surface area contributed by atoms with E-state index in [0.717, 1.165) is 0 Å². The second kappa shape index (κ2) is 5.01. The molecule has 0 aliphatic rings. The van der Waals surface area contributed by atoms with E-state index in [1.54, 1.807) is 25.1 Å². The van der Waals surface area contributed by atoms with Crippen LogP contribution in [0.3, 0.4) is 0 Å². The molecular weight excluding hydrogens is 232 g/mol. The molecule has 2 aromatic rings. The van der Waals surface area contributed by atoms with Crippen LogP contribution in [0.2, 0.25) is 0 Å². The molecule has 0 aliphatic heterocycles. The van der Waals surface area contributed by atoms with Crippen molar-refractivity contribution in [2.24, 2.45) is 0 Å². The van der Waals surface area contributed by atoms with Gasteiger partial charge in [0, 0.05) is 11.9 Å². The lowest BCUT2D eigenvalue weighted by molar-refractivity contribution is 0.0923. The zero-order valence-corrected chi connectivity index (χ0v) is 9.92. The average molecular weight is 246 g/mol. The van der Waals surface area contributed by atoms with Crippen molar-refractivity contribution in [3.8, 4) is 5.75 Å². The molecule has 94 valence electrons. The number of aliphatic hydroxyl groups is 1. The predicted octanol–water partition coefficient (Wildman–Crippen LogP) is 1.05. The number of fused-ring (bicyclic) bond motifs is 1.